The van der Waals surface area contributed by atoms with Crippen molar-refractivity contribution in [2.45, 2.75) is 6.92 Å². The molecule has 0 N–H and O–H groups in total. The zero-order chi connectivity index (χ0) is 8.27. The van der Waals surface area contributed by atoms with E-state index in [0.29, 0.717) is 0 Å². The van der Waals surface area contributed by atoms with Crippen molar-refractivity contribution in [1.82, 2.24) is 0 Å². The Balaban J connectivity index is 3.35. The molecule has 0 heterocycles. The predicted octanol–water partition coefficient (Wildman–Crippen LogP) is 2.44. The van der Waals surface area contributed by atoms with Gasteiger partial charge in [0.05, 0.1) is 10.7 Å². The second kappa shape index (κ2) is 3.69. The normalized spacial score (nSPS) is 9.18. The van der Waals surface area contributed by atoms with Crippen molar-refractivity contribution >= 4 is 35.2 Å². The van der Waals surface area contributed by atoms with Gasteiger partial charge in [0, 0.05) is 11.1 Å². The second-order valence-electron chi connectivity index (χ2n) is 2.20. The first-order valence-corrected chi connectivity index (χ1v) is 3.97. The molecule has 0 aromatic heterocycles. The Morgan fingerprint density at radius 2 is 1.91 bits per heavy atom. The second-order valence-corrected chi connectivity index (χ2v) is 2.61. The molecule has 0 unspecified atom stereocenters. The Labute approximate surface area is 77.2 Å². The van der Waals surface area contributed by atoms with Crippen molar-refractivity contribution in [2.75, 3.05) is 0 Å². The molecular formula is C9H6S2. The summed E-state index contributed by atoms with van der Waals surface area (Å²) >= 11 is 9.42. The van der Waals surface area contributed by atoms with Gasteiger partial charge in [0.25, 0.3) is 0 Å². The van der Waals surface area contributed by atoms with Crippen LogP contribution in [0.2, 0.25) is 0 Å². The molecule has 0 aliphatic rings. The molecule has 0 aliphatic carbocycles. The summed E-state index contributed by atoms with van der Waals surface area (Å²) in [4.78, 5) is 0. The van der Waals surface area contributed by atoms with Crippen LogP contribution in [0.15, 0.2) is 18.2 Å². The monoisotopic (exact) mass is 178 g/mol. The fraction of sp³-hybridized carbons (Fsp3) is 0.111. The van der Waals surface area contributed by atoms with Crippen molar-refractivity contribution < 1.29 is 0 Å². The smallest absolute Gasteiger partial charge is 0.0645 e. The highest BCUT2D eigenvalue weighted by atomic mass is 32.1. The first-order valence-electron chi connectivity index (χ1n) is 3.15. The minimum atomic E-state index is 0.856. The van der Waals surface area contributed by atoms with E-state index < -0.39 is 0 Å². The van der Waals surface area contributed by atoms with E-state index in [0.717, 1.165) is 16.7 Å². The third kappa shape index (κ3) is 1.70. The van der Waals surface area contributed by atoms with Crippen LogP contribution < -0.4 is 0 Å². The maximum absolute atomic E-state index is 4.72. The highest BCUT2D eigenvalue weighted by Crippen LogP contribution is 2.09. The van der Waals surface area contributed by atoms with Gasteiger partial charge in [-0.15, -0.1) is 0 Å². The molecule has 0 saturated carbocycles. The third-order valence-corrected chi connectivity index (χ3v) is 1.91. The molecule has 0 bridgehead atoms. The Morgan fingerprint density at radius 3 is 2.36 bits per heavy atom. The lowest BCUT2D eigenvalue weighted by Crippen LogP contribution is -1.91. The molecule has 1 aromatic rings. The molecule has 1 aromatic carbocycles. The summed E-state index contributed by atoms with van der Waals surface area (Å²) in [5.74, 6) is 0. The molecule has 2 heteroatoms. The van der Waals surface area contributed by atoms with E-state index >= 15 is 0 Å². The van der Waals surface area contributed by atoms with Gasteiger partial charge in [0.15, 0.2) is 0 Å². The fourth-order valence-electron chi connectivity index (χ4n) is 0.888. The highest BCUT2D eigenvalue weighted by Gasteiger charge is 1.99. The van der Waals surface area contributed by atoms with Crippen LogP contribution in [-0.4, -0.2) is 10.7 Å². The summed E-state index contributed by atoms with van der Waals surface area (Å²) in [6, 6.07) is 5.79. The minimum Gasteiger partial charge on any atom is -0.0778 e. The molecule has 1 rings (SSSR count). The lowest BCUT2D eigenvalue weighted by atomic mass is 10.1. The summed E-state index contributed by atoms with van der Waals surface area (Å²) in [7, 11) is 0. The van der Waals surface area contributed by atoms with Gasteiger partial charge < -0.3 is 0 Å². The summed E-state index contributed by atoms with van der Waals surface area (Å²) < 4.78 is 0. The summed E-state index contributed by atoms with van der Waals surface area (Å²) in [5, 5.41) is 5.31. The van der Waals surface area contributed by atoms with Crippen molar-refractivity contribution in [2.24, 2.45) is 0 Å². The molecule has 0 atom stereocenters. The molecule has 54 valence electrons. The van der Waals surface area contributed by atoms with Crippen molar-refractivity contribution in [3.05, 3.63) is 34.9 Å². The average molecular weight is 178 g/mol. The van der Waals surface area contributed by atoms with Gasteiger partial charge in [0.1, 0.15) is 0 Å². The topological polar surface area (TPSA) is 0 Å². The molecule has 0 fully saturated rings. The van der Waals surface area contributed by atoms with Crippen LogP contribution in [0.25, 0.3) is 0 Å². The van der Waals surface area contributed by atoms with Crippen LogP contribution in [0.5, 0.6) is 0 Å². The molecular weight excluding hydrogens is 172 g/mol. The Hall–Kier alpha value is -0.600. The van der Waals surface area contributed by atoms with Crippen LogP contribution in [0.4, 0.5) is 0 Å². The van der Waals surface area contributed by atoms with E-state index in [2.05, 4.69) is 10.7 Å². The third-order valence-electron chi connectivity index (χ3n) is 1.48. The summed E-state index contributed by atoms with van der Waals surface area (Å²) in [6.07, 6.45) is 0. The van der Waals surface area contributed by atoms with Gasteiger partial charge in [0.2, 0.25) is 0 Å². The number of rotatable bonds is 2. The zero-order valence-corrected chi connectivity index (χ0v) is 7.68. The zero-order valence-electron chi connectivity index (χ0n) is 6.05. The quantitative estimate of drug-likeness (QED) is 0.638. The van der Waals surface area contributed by atoms with E-state index in [1.54, 1.807) is 0 Å². The largest absolute Gasteiger partial charge is 0.0778 e. The number of aryl methyl sites for hydroxylation is 1. The molecule has 0 amide bonds. The highest BCUT2D eigenvalue weighted by molar-refractivity contribution is 7.79. The molecule has 2 radical (unpaired) electrons. The maximum atomic E-state index is 4.72. The molecule has 0 nitrogen and oxygen atoms in total. The van der Waals surface area contributed by atoms with Gasteiger partial charge in [-0.05, 0) is 12.5 Å². The fourth-order valence-corrected chi connectivity index (χ4v) is 1.33. The molecule has 0 spiro atoms. The number of hydrogen-bond donors (Lipinski definition) is 0. The van der Waals surface area contributed by atoms with Crippen LogP contribution in [-0.2, 0) is 0 Å². The van der Waals surface area contributed by atoms with E-state index in [-0.39, 0.29) is 0 Å². The van der Waals surface area contributed by atoms with Crippen LogP contribution in [0.1, 0.15) is 16.7 Å². The van der Waals surface area contributed by atoms with Crippen LogP contribution in [0.3, 0.4) is 0 Å². The lowest BCUT2D eigenvalue weighted by molar-refractivity contribution is 1.45. The summed E-state index contributed by atoms with van der Waals surface area (Å²) in [5.41, 5.74) is 2.84. The van der Waals surface area contributed by atoms with E-state index in [4.69, 9.17) is 24.4 Å². The van der Waals surface area contributed by atoms with Gasteiger partial charge in [-0.1, -0.05) is 42.6 Å². The Kier molecular flexibility index (Phi) is 2.85. The average Bonchev–Trinajstić information content (AvgIpc) is 2.04. The first-order chi connectivity index (χ1) is 5.29. The summed E-state index contributed by atoms with van der Waals surface area (Å²) in [6.45, 7) is 1.98. The molecule has 0 saturated heterocycles. The van der Waals surface area contributed by atoms with Gasteiger partial charge in [-0.3, -0.25) is 0 Å². The minimum absolute atomic E-state index is 0.856. The lowest BCUT2D eigenvalue weighted by Gasteiger charge is -2.00. The van der Waals surface area contributed by atoms with Crippen LogP contribution >= 0.6 is 24.4 Å². The number of thiocarbonyl (C=S) groups is 2. The van der Waals surface area contributed by atoms with E-state index in [1.165, 1.54) is 0 Å². The van der Waals surface area contributed by atoms with Gasteiger partial charge >= 0.3 is 0 Å². The molecule has 0 aliphatic heterocycles. The van der Waals surface area contributed by atoms with Gasteiger partial charge in [-0.25, -0.2) is 0 Å². The molecule has 11 heavy (non-hydrogen) atoms. The van der Waals surface area contributed by atoms with E-state index in [1.807, 2.05) is 25.1 Å². The SMILES string of the molecule is Cc1cccc([C]=S)c1[C]=S. The van der Waals surface area contributed by atoms with Gasteiger partial charge in [-0.2, -0.15) is 0 Å². The number of hydrogen-bond acceptors (Lipinski definition) is 2. The maximum Gasteiger partial charge on any atom is 0.0645 e. The van der Waals surface area contributed by atoms with Crippen molar-refractivity contribution in [1.29, 1.82) is 0 Å². The number of benzene rings is 1. The van der Waals surface area contributed by atoms with Crippen LogP contribution in [0, 0.1) is 6.92 Å². The predicted molar refractivity (Wildman–Crippen MR) is 54.6 cm³/mol. The van der Waals surface area contributed by atoms with E-state index in [9.17, 15) is 0 Å². The Morgan fingerprint density at radius 1 is 1.18 bits per heavy atom. The van der Waals surface area contributed by atoms with Crippen molar-refractivity contribution in [3.63, 3.8) is 0 Å². The first kappa shape index (κ1) is 8.50. The Bertz CT molecular complexity index is 290. The standard InChI is InChI=1S/C9H6S2/c1-7-3-2-4-8(5-10)9(7)6-11/h2-4H,1H3. The van der Waals surface area contributed by atoms with Crippen molar-refractivity contribution in [3.8, 4) is 0 Å².